The Hall–Kier alpha value is -1.95. The minimum absolute atomic E-state index is 0.00993. The third-order valence-corrected chi connectivity index (χ3v) is 9.23. The average Bonchev–Trinajstić information content (AvgIpc) is 3.08. The van der Waals surface area contributed by atoms with Crippen LogP contribution in [0.1, 0.15) is 58.8 Å². The molecule has 3 saturated carbocycles. The summed E-state index contributed by atoms with van der Waals surface area (Å²) in [5.41, 5.74) is -1.83. The van der Waals surface area contributed by atoms with Crippen LogP contribution in [0.4, 0.5) is 0 Å². The van der Waals surface area contributed by atoms with Crippen molar-refractivity contribution in [2.24, 2.45) is 28.6 Å². The van der Waals surface area contributed by atoms with E-state index in [0.717, 1.165) is 18.4 Å². The number of aliphatic hydroxyl groups is 2. The SMILES string of the molecule is C[C@]12C=CC(=O)C=C1CCC1C3CC[C@](OC(=O)CCCON(O)O)(C(=O)CO)[C@@]3(C)C[C@H](O)[C@@H]12. The molecule has 0 bridgehead atoms. The van der Waals surface area contributed by atoms with Gasteiger partial charge in [-0.3, -0.25) is 29.6 Å². The van der Waals surface area contributed by atoms with Crippen LogP contribution in [-0.4, -0.2) is 68.5 Å². The van der Waals surface area contributed by atoms with Gasteiger partial charge in [-0.25, -0.2) is 0 Å². The maximum Gasteiger partial charge on any atom is 0.306 e. The fourth-order valence-corrected chi connectivity index (χ4v) is 7.73. The van der Waals surface area contributed by atoms with E-state index in [1.807, 2.05) is 13.0 Å². The molecular formula is C25H35NO9. The fourth-order valence-electron chi connectivity index (χ4n) is 7.73. The van der Waals surface area contributed by atoms with E-state index in [1.54, 1.807) is 12.2 Å². The summed E-state index contributed by atoms with van der Waals surface area (Å²) in [5, 5.41) is 38.1. The summed E-state index contributed by atoms with van der Waals surface area (Å²) < 4.78 is 5.88. The highest BCUT2D eigenvalue weighted by atomic mass is 17.1. The number of Topliss-reactive ketones (excluding diaryl/α,β-unsaturated/α-hetero) is 1. The summed E-state index contributed by atoms with van der Waals surface area (Å²) in [5.74, 6) is -1.33. The second-order valence-electron chi connectivity index (χ2n) is 10.8. The molecule has 0 spiro atoms. The molecule has 0 aromatic heterocycles. The van der Waals surface area contributed by atoms with Crippen molar-refractivity contribution in [1.29, 1.82) is 0 Å². The number of ether oxygens (including phenoxy) is 1. The molecule has 0 aromatic carbocycles. The Balaban J connectivity index is 1.60. The number of carbonyl (C=O) groups is 3. The molecule has 0 aliphatic heterocycles. The van der Waals surface area contributed by atoms with E-state index in [2.05, 4.69) is 11.8 Å². The van der Waals surface area contributed by atoms with Crippen LogP contribution < -0.4 is 0 Å². The van der Waals surface area contributed by atoms with E-state index in [-0.39, 0.29) is 55.8 Å². The van der Waals surface area contributed by atoms with Crippen LogP contribution in [-0.2, 0) is 24.0 Å². The normalized spacial score (nSPS) is 40.1. The molecule has 0 radical (unpaired) electrons. The summed E-state index contributed by atoms with van der Waals surface area (Å²) >= 11 is 0. The number of nitrogens with zero attached hydrogens (tertiary/aromatic N) is 1. The summed E-state index contributed by atoms with van der Waals surface area (Å²) in [6.45, 7) is 3.03. The number of fused-ring (bicyclic) bond motifs is 5. The van der Waals surface area contributed by atoms with E-state index in [9.17, 15) is 24.6 Å². The van der Waals surface area contributed by atoms with E-state index in [4.69, 9.17) is 15.2 Å². The van der Waals surface area contributed by atoms with Crippen molar-refractivity contribution in [3.63, 3.8) is 0 Å². The zero-order valence-electron chi connectivity index (χ0n) is 20.2. The highest BCUT2D eigenvalue weighted by Gasteiger charge is 2.70. The largest absolute Gasteiger partial charge is 0.450 e. The first-order valence-corrected chi connectivity index (χ1v) is 12.3. The molecule has 194 valence electrons. The smallest absolute Gasteiger partial charge is 0.306 e. The standard InChI is InChI=1S/C25H35NO9/c1-23-9-7-16(28)12-15(23)5-6-17-18-8-10-25(20(30)14-27,24(18,2)13-19(29)22(17)23)35-21(31)4-3-11-34-26(32)33/h7,9,12,17-19,22,27,29,32-33H,3-6,8,10-11,13-14H2,1-2H3/t17?,18?,19-,22+,23-,24-,25-/m0/s1. The van der Waals surface area contributed by atoms with Crippen molar-refractivity contribution < 1.29 is 44.6 Å². The van der Waals surface area contributed by atoms with Crippen LogP contribution in [0.15, 0.2) is 23.8 Å². The maximum absolute atomic E-state index is 13.2. The molecule has 10 nitrogen and oxygen atoms in total. The van der Waals surface area contributed by atoms with Gasteiger partial charge in [0.25, 0.3) is 0 Å². The number of aliphatic hydroxyl groups excluding tert-OH is 2. The molecule has 10 heteroatoms. The number of carbonyl (C=O) groups excluding carboxylic acids is 3. The summed E-state index contributed by atoms with van der Waals surface area (Å²) in [6, 6.07) is 0. The molecule has 4 N–H and O–H groups in total. The first kappa shape index (κ1) is 26.1. The molecule has 4 aliphatic rings. The topological polar surface area (TPSA) is 154 Å². The van der Waals surface area contributed by atoms with Crippen molar-refractivity contribution in [1.82, 2.24) is 5.39 Å². The van der Waals surface area contributed by atoms with Gasteiger partial charge in [0, 0.05) is 23.2 Å². The second kappa shape index (κ2) is 9.49. The highest BCUT2D eigenvalue weighted by molar-refractivity contribution is 6.01. The average molecular weight is 494 g/mol. The molecule has 7 atom stereocenters. The van der Waals surface area contributed by atoms with Crippen molar-refractivity contribution >= 4 is 17.5 Å². The monoisotopic (exact) mass is 493 g/mol. The summed E-state index contributed by atoms with van der Waals surface area (Å²) in [7, 11) is 0. The number of ketones is 2. The minimum Gasteiger partial charge on any atom is -0.450 e. The van der Waals surface area contributed by atoms with Gasteiger partial charge in [-0.15, -0.1) is 0 Å². The lowest BCUT2D eigenvalue weighted by Gasteiger charge is -2.59. The number of allylic oxidation sites excluding steroid dienone is 4. The predicted molar refractivity (Wildman–Crippen MR) is 120 cm³/mol. The Bertz CT molecular complexity index is 945. The number of esters is 1. The Kier molecular flexibility index (Phi) is 7.09. The van der Waals surface area contributed by atoms with Gasteiger partial charge in [-0.05, 0) is 62.5 Å². The van der Waals surface area contributed by atoms with Crippen molar-refractivity contribution in [3.8, 4) is 0 Å². The molecular weight excluding hydrogens is 458 g/mol. The Labute approximate surface area is 204 Å². The molecule has 0 saturated heterocycles. The minimum atomic E-state index is -1.55. The van der Waals surface area contributed by atoms with Crippen LogP contribution in [0, 0.1) is 28.6 Å². The Morgan fingerprint density at radius 3 is 2.66 bits per heavy atom. The number of hydrogen-bond acceptors (Lipinski definition) is 10. The lowest BCUT2D eigenvalue weighted by atomic mass is 9.46. The first-order valence-electron chi connectivity index (χ1n) is 12.3. The van der Waals surface area contributed by atoms with Gasteiger partial charge in [0.15, 0.2) is 11.4 Å². The van der Waals surface area contributed by atoms with Crippen LogP contribution in [0.2, 0.25) is 0 Å². The van der Waals surface area contributed by atoms with Gasteiger partial charge in [0.1, 0.15) is 6.61 Å². The lowest BCUT2D eigenvalue weighted by molar-refractivity contribution is -0.492. The van der Waals surface area contributed by atoms with Gasteiger partial charge in [0.2, 0.25) is 5.78 Å². The van der Waals surface area contributed by atoms with Crippen molar-refractivity contribution in [3.05, 3.63) is 23.8 Å². The van der Waals surface area contributed by atoms with Crippen LogP contribution in [0.25, 0.3) is 0 Å². The highest BCUT2D eigenvalue weighted by Crippen LogP contribution is 2.67. The van der Waals surface area contributed by atoms with Crippen molar-refractivity contribution in [2.45, 2.75) is 70.5 Å². The van der Waals surface area contributed by atoms with Gasteiger partial charge in [-0.2, -0.15) is 0 Å². The summed E-state index contributed by atoms with van der Waals surface area (Å²) in [6.07, 6.45) is 6.99. The Morgan fingerprint density at radius 1 is 1.23 bits per heavy atom. The Morgan fingerprint density at radius 2 is 1.97 bits per heavy atom. The van der Waals surface area contributed by atoms with E-state index < -0.39 is 46.3 Å². The third kappa shape index (κ3) is 4.20. The van der Waals surface area contributed by atoms with Crippen LogP contribution >= 0.6 is 0 Å². The maximum atomic E-state index is 13.2. The molecule has 4 aliphatic carbocycles. The fraction of sp³-hybridized carbons (Fsp3) is 0.720. The van der Waals surface area contributed by atoms with Gasteiger partial charge in [0.05, 0.1) is 18.1 Å². The van der Waals surface area contributed by atoms with Gasteiger partial charge < -0.3 is 14.9 Å². The molecule has 3 fully saturated rings. The molecule has 4 rings (SSSR count). The zero-order chi connectivity index (χ0) is 25.6. The molecule has 0 aromatic rings. The van der Waals surface area contributed by atoms with E-state index >= 15 is 0 Å². The second-order valence-corrected chi connectivity index (χ2v) is 10.8. The molecule has 0 amide bonds. The van der Waals surface area contributed by atoms with Crippen LogP contribution in [0.5, 0.6) is 0 Å². The third-order valence-electron chi connectivity index (χ3n) is 9.23. The van der Waals surface area contributed by atoms with Gasteiger partial charge in [-0.1, -0.05) is 25.5 Å². The lowest BCUT2D eigenvalue weighted by Crippen LogP contribution is -2.63. The first-order chi connectivity index (χ1) is 16.5. The number of hydrogen-bond donors (Lipinski definition) is 4. The number of rotatable bonds is 8. The molecule has 2 unspecified atom stereocenters. The van der Waals surface area contributed by atoms with E-state index in [1.165, 1.54) is 0 Å². The quantitative estimate of drug-likeness (QED) is 0.224. The summed E-state index contributed by atoms with van der Waals surface area (Å²) in [4.78, 5) is 42.4. The van der Waals surface area contributed by atoms with Gasteiger partial charge >= 0.3 is 5.97 Å². The predicted octanol–water partition coefficient (Wildman–Crippen LogP) is 1.90. The zero-order valence-corrected chi connectivity index (χ0v) is 20.2. The molecule has 0 heterocycles. The van der Waals surface area contributed by atoms with Crippen LogP contribution in [0.3, 0.4) is 0 Å². The molecule has 35 heavy (non-hydrogen) atoms. The van der Waals surface area contributed by atoms with E-state index in [0.29, 0.717) is 6.42 Å². The van der Waals surface area contributed by atoms with Crippen molar-refractivity contribution in [2.75, 3.05) is 13.2 Å².